The first kappa shape index (κ1) is 15.2. The largest absolute Gasteiger partial charge is 0.350 e. The van der Waals surface area contributed by atoms with E-state index in [1.165, 1.54) is 11.3 Å². The average molecular weight is 309 g/mol. The van der Waals surface area contributed by atoms with Crippen LogP contribution in [0, 0.1) is 5.92 Å². The molecule has 5 nitrogen and oxygen atoms in total. The second-order valence-corrected chi connectivity index (χ2v) is 4.85. The van der Waals surface area contributed by atoms with E-state index in [2.05, 4.69) is 15.6 Å². The first-order chi connectivity index (χ1) is 7.84. The molecule has 1 aliphatic heterocycles. The van der Waals surface area contributed by atoms with E-state index < -0.39 is 0 Å². The summed E-state index contributed by atoms with van der Waals surface area (Å²) < 4.78 is 1.82. The highest BCUT2D eigenvalue weighted by atomic mass is 35.5. The van der Waals surface area contributed by atoms with Crippen molar-refractivity contribution in [1.29, 1.82) is 0 Å². The Kier molecular flexibility index (Phi) is 5.40. The maximum atomic E-state index is 11.9. The number of hydrogen-bond donors (Lipinski definition) is 2. The van der Waals surface area contributed by atoms with Gasteiger partial charge in [0, 0.05) is 30.9 Å². The Morgan fingerprint density at radius 2 is 2.33 bits per heavy atom. The number of nitrogens with one attached hydrogen (secondary N) is 2. The van der Waals surface area contributed by atoms with Crippen molar-refractivity contribution in [2.45, 2.75) is 0 Å². The predicted octanol–water partition coefficient (Wildman–Crippen LogP) is 1.19. The third kappa shape index (κ3) is 2.77. The van der Waals surface area contributed by atoms with Gasteiger partial charge in [-0.1, -0.05) is 0 Å². The fraction of sp³-hybridized carbons (Fsp3) is 0.400. The number of carbonyl (C=O) groups is 1. The van der Waals surface area contributed by atoms with Crippen LogP contribution in [0.5, 0.6) is 0 Å². The maximum absolute atomic E-state index is 11.9. The molecule has 0 saturated carbocycles. The number of aromatic nitrogens is 2. The van der Waals surface area contributed by atoms with Gasteiger partial charge in [-0.15, -0.1) is 36.2 Å². The van der Waals surface area contributed by atoms with Gasteiger partial charge in [-0.2, -0.15) is 0 Å². The van der Waals surface area contributed by atoms with Gasteiger partial charge in [0.15, 0.2) is 0 Å². The zero-order valence-corrected chi connectivity index (χ0v) is 11.9. The van der Waals surface area contributed by atoms with Gasteiger partial charge in [0.25, 0.3) is 5.91 Å². The molecule has 100 valence electrons. The first-order valence-corrected chi connectivity index (χ1v) is 6.11. The van der Waals surface area contributed by atoms with Crippen LogP contribution in [0.4, 0.5) is 0 Å². The molecule has 0 aromatic carbocycles. The number of nitrogens with zero attached hydrogens (tertiary/aromatic N) is 2. The van der Waals surface area contributed by atoms with E-state index in [-0.39, 0.29) is 30.7 Å². The quantitative estimate of drug-likeness (QED) is 0.895. The van der Waals surface area contributed by atoms with Gasteiger partial charge in [-0.05, 0) is 0 Å². The number of halogens is 2. The lowest BCUT2D eigenvalue weighted by Crippen LogP contribution is -2.48. The highest BCUT2D eigenvalue weighted by molar-refractivity contribution is 7.15. The molecule has 1 aliphatic rings. The van der Waals surface area contributed by atoms with E-state index in [0.29, 0.717) is 11.6 Å². The van der Waals surface area contributed by atoms with Crippen LogP contribution in [-0.4, -0.2) is 34.9 Å². The van der Waals surface area contributed by atoms with Crippen LogP contribution in [0.2, 0.25) is 0 Å². The molecule has 1 amide bonds. The SMILES string of the molecule is Cl.Cl.O=C(NCC1CNC1)c1csc2cncn12. The number of carbonyl (C=O) groups excluding carboxylic acids is 1. The van der Waals surface area contributed by atoms with E-state index >= 15 is 0 Å². The zero-order valence-electron chi connectivity index (χ0n) is 9.46. The maximum Gasteiger partial charge on any atom is 0.269 e. The topological polar surface area (TPSA) is 58.4 Å². The Balaban J connectivity index is 0.000000810. The van der Waals surface area contributed by atoms with E-state index in [1.807, 2.05) is 9.78 Å². The Morgan fingerprint density at radius 3 is 3.00 bits per heavy atom. The van der Waals surface area contributed by atoms with Crippen molar-refractivity contribution in [3.05, 3.63) is 23.6 Å². The lowest BCUT2D eigenvalue weighted by Gasteiger charge is -2.26. The molecule has 3 rings (SSSR count). The minimum atomic E-state index is -0.0175. The zero-order chi connectivity index (χ0) is 11.0. The number of hydrogen-bond acceptors (Lipinski definition) is 4. The molecule has 2 aromatic heterocycles. The molecule has 0 bridgehead atoms. The third-order valence-corrected chi connectivity index (χ3v) is 3.69. The van der Waals surface area contributed by atoms with Crippen LogP contribution in [-0.2, 0) is 0 Å². The average Bonchev–Trinajstić information content (AvgIpc) is 2.74. The van der Waals surface area contributed by atoms with E-state index in [4.69, 9.17) is 0 Å². The number of thiazole rings is 1. The van der Waals surface area contributed by atoms with Crippen LogP contribution in [0.3, 0.4) is 0 Å². The number of fused-ring (bicyclic) bond motifs is 1. The summed E-state index contributed by atoms with van der Waals surface area (Å²) in [5, 5.41) is 8.00. The third-order valence-electron chi connectivity index (χ3n) is 2.81. The van der Waals surface area contributed by atoms with Crippen LogP contribution in [0.1, 0.15) is 10.5 Å². The van der Waals surface area contributed by atoms with Gasteiger partial charge in [0.05, 0.1) is 6.20 Å². The van der Waals surface area contributed by atoms with Crippen molar-refractivity contribution < 1.29 is 4.79 Å². The van der Waals surface area contributed by atoms with Crippen LogP contribution in [0.15, 0.2) is 17.9 Å². The second-order valence-electron chi connectivity index (χ2n) is 3.96. The van der Waals surface area contributed by atoms with Gasteiger partial charge >= 0.3 is 0 Å². The molecular weight excluding hydrogens is 295 g/mol. The van der Waals surface area contributed by atoms with Gasteiger partial charge in [0.2, 0.25) is 0 Å². The highest BCUT2D eigenvalue weighted by Gasteiger charge is 2.18. The Morgan fingerprint density at radius 1 is 1.56 bits per heavy atom. The normalized spacial score (nSPS) is 14.4. The minimum absolute atomic E-state index is 0. The summed E-state index contributed by atoms with van der Waals surface area (Å²) in [5.41, 5.74) is 0.671. The second kappa shape index (κ2) is 6.38. The standard InChI is InChI=1S/C10H12N4OS.2ClH/c15-10(13-3-7-1-11-2-7)8-5-16-9-4-12-6-14(8)9;;/h4-7,11H,1-3H2,(H,13,15);2*1H. The minimum Gasteiger partial charge on any atom is -0.350 e. The predicted molar refractivity (Wildman–Crippen MR) is 76.3 cm³/mol. The van der Waals surface area contributed by atoms with Gasteiger partial charge in [-0.3, -0.25) is 9.20 Å². The van der Waals surface area contributed by atoms with Crippen LogP contribution >= 0.6 is 36.2 Å². The smallest absolute Gasteiger partial charge is 0.269 e. The number of rotatable bonds is 3. The molecule has 0 atom stereocenters. The molecule has 0 aliphatic carbocycles. The van der Waals surface area contributed by atoms with Crippen molar-refractivity contribution in [3.63, 3.8) is 0 Å². The lowest BCUT2D eigenvalue weighted by atomic mass is 10.0. The molecule has 1 fully saturated rings. The fourth-order valence-electron chi connectivity index (χ4n) is 1.71. The number of amides is 1. The first-order valence-electron chi connectivity index (χ1n) is 5.23. The van der Waals surface area contributed by atoms with Crippen molar-refractivity contribution in [3.8, 4) is 0 Å². The summed E-state index contributed by atoms with van der Waals surface area (Å²) in [5.74, 6) is 0.567. The van der Waals surface area contributed by atoms with Crippen molar-refractivity contribution >= 4 is 46.9 Å². The van der Waals surface area contributed by atoms with Crippen molar-refractivity contribution in [1.82, 2.24) is 20.0 Å². The lowest BCUT2D eigenvalue weighted by molar-refractivity contribution is 0.0936. The van der Waals surface area contributed by atoms with Crippen LogP contribution < -0.4 is 10.6 Å². The summed E-state index contributed by atoms with van der Waals surface area (Å²) in [6.07, 6.45) is 3.43. The van der Waals surface area contributed by atoms with E-state index in [9.17, 15) is 4.79 Å². The molecule has 2 N–H and O–H groups in total. The fourth-order valence-corrected chi connectivity index (χ4v) is 2.54. The molecule has 1 saturated heterocycles. The summed E-state index contributed by atoms with van der Waals surface area (Å²) >= 11 is 1.53. The molecular formula is C10H14Cl2N4OS. The van der Waals surface area contributed by atoms with Crippen molar-refractivity contribution in [2.24, 2.45) is 5.92 Å². The molecule has 0 unspecified atom stereocenters. The summed E-state index contributed by atoms with van der Waals surface area (Å²) in [6, 6.07) is 0. The molecule has 0 spiro atoms. The number of imidazole rings is 1. The molecule has 8 heteroatoms. The molecule has 2 aromatic rings. The molecule has 18 heavy (non-hydrogen) atoms. The van der Waals surface area contributed by atoms with Gasteiger partial charge < -0.3 is 10.6 Å². The van der Waals surface area contributed by atoms with Crippen LogP contribution in [0.25, 0.3) is 4.83 Å². The van der Waals surface area contributed by atoms with E-state index in [0.717, 1.165) is 24.5 Å². The molecule has 0 radical (unpaired) electrons. The van der Waals surface area contributed by atoms with Gasteiger partial charge in [0.1, 0.15) is 16.9 Å². The van der Waals surface area contributed by atoms with Crippen molar-refractivity contribution in [2.75, 3.05) is 19.6 Å². The van der Waals surface area contributed by atoms with Gasteiger partial charge in [-0.25, -0.2) is 4.98 Å². The summed E-state index contributed by atoms with van der Waals surface area (Å²) in [7, 11) is 0. The highest BCUT2D eigenvalue weighted by Crippen LogP contribution is 2.15. The summed E-state index contributed by atoms with van der Waals surface area (Å²) in [4.78, 5) is 16.9. The Bertz CT molecular complexity index is 523. The van der Waals surface area contributed by atoms with E-state index in [1.54, 1.807) is 12.5 Å². The monoisotopic (exact) mass is 308 g/mol. The Hall–Kier alpha value is -0.820. The summed E-state index contributed by atoms with van der Waals surface area (Å²) in [6.45, 7) is 2.76. The Labute approximate surface area is 121 Å². The molecule has 3 heterocycles.